The molecule has 8 heteroatoms. The highest BCUT2D eigenvalue weighted by Crippen LogP contribution is 2.28. The number of Topliss-reactive ketones (excluding diaryl/α,β-unsaturated/α-hetero) is 1. The second-order valence-corrected chi connectivity index (χ2v) is 6.32. The minimum atomic E-state index is -0.676. The van der Waals surface area contributed by atoms with Crippen molar-refractivity contribution in [1.82, 2.24) is 4.98 Å². The standard InChI is InChI=1S/C22H25NO7/c1-6-29-17-9-7-15(11-18(17)27-4)8-10-19(25)30-12-16(24)21-13(2)20(14(3)23-21)22(26)28-5/h7-11,23H,6,12H2,1-5H3/b10-8+. The van der Waals surface area contributed by atoms with Gasteiger partial charge in [0.1, 0.15) is 0 Å². The Kier molecular flexibility index (Phi) is 7.80. The summed E-state index contributed by atoms with van der Waals surface area (Å²) >= 11 is 0. The van der Waals surface area contributed by atoms with Crippen LogP contribution < -0.4 is 9.47 Å². The summed E-state index contributed by atoms with van der Waals surface area (Å²) in [6.07, 6.45) is 2.76. The fourth-order valence-corrected chi connectivity index (χ4v) is 2.92. The highest BCUT2D eigenvalue weighted by atomic mass is 16.5. The number of esters is 2. The third kappa shape index (κ3) is 5.28. The first-order chi connectivity index (χ1) is 14.3. The van der Waals surface area contributed by atoms with E-state index in [0.29, 0.717) is 40.5 Å². The number of carbonyl (C=O) groups is 3. The third-order valence-electron chi connectivity index (χ3n) is 4.35. The minimum Gasteiger partial charge on any atom is -0.493 e. The predicted molar refractivity (Wildman–Crippen MR) is 110 cm³/mol. The predicted octanol–water partition coefficient (Wildman–Crippen LogP) is 3.26. The molecule has 0 saturated heterocycles. The second kappa shape index (κ2) is 10.3. The van der Waals surface area contributed by atoms with Gasteiger partial charge in [-0.2, -0.15) is 0 Å². The number of aromatic amines is 1. The fourth-order valence-electron chi connectivity index (χ4n) is 2.92. The Balaban J connectivity index is 2.01. The zero-order chi connectivity index (χ0) is 22.3. The normalized spacial score (nSPS) is 10.7. The lowest BCUT2D eigenvalue weighted by Gasteiger charge is -2.09. The fraction of sp³-hybridized carbons (Fsp3) is 0.318. The molecule has 0 aliphatic heterocycles. The van der Waals surface area contributed by atoms with Crippen LogP contribution in [0.2, 0.25) is 0 Å². The van der Waals surface area contributed by atoms with Gasteiger partial charge < -0.3 is 23.9 Å². The van der Waals surface area contributed by atoms with Crippen molar-refractivity contribution in [1.29, 1.82) is 0 Å². The Labute approximate surface area is 174 Å². The van der Waals surface area contributed by atoms with Gasteiger partial charge in [0, 0.05) is 11.8 Å². The molecular weight excluding hydrogens is 390 g/mol. The van der Waals surface area contributed by atoms with E-state index in [9.17, 15) is 14.4 Å². The topological polar surface area (TPSA) is 104 Å². The van der Waals surface area contributed by atoms with Crippen LogP contribution >= 0.6 is 0 Å². The van der Waals surface area contributed by atoms with E-state index in [1.54, 1.807) is 38.1 Å². The number of carbonyl (C=O) groups excluding carboxylic acids is 3. The number of hydrogen-bond acceptors (Lipinski definition) is 7. The summed E-state index contributed by atoms with van der Waals surface area (Å²) in [7, 11) is 2.80. The Morgan fingerprint density at radius 3 is 2.47 bits per heavy atom. The maximum atomic E-state index is 12.4. The Hall–Kier alpha value is -3.55. The van der Waals surface area contributed by atoms with E-state index in [4.69, 9.17) is 18.9 Å². The monoisotopic (exact) mass is 415 g/mol. The number of nitrogens with one attached hydrogen (secondary N) is 1. The highest BCUT2D eigenvalue weighted by Gasteiger charge is 2.22. The molecule has 1 heterocycles. The number of ketones is 1. The van der Waals surface area contributed by atoms with E-state index in [0.717, 1.165) is 0 Å². The van der Waals surface area contributed by atoms with Crippen molar-refractivity contribution in [2.45, 2.75) is 20.8 Å². The number of methoxy groups -OCH3 is 2. The van der Waals surface area contributed by atoms with Crippen LogP contribution in [0, 0.1) is 13.8 Å². The van der Waals surface area contributed by atoms with Gasteiger partial charge in [-0.15, -0.1) is 0 Å². The summed E-state index contributed by atoms with van der Waals surface area (Å²) in [5, 5.41) is 0. The summed E-state index contributed by atoms with van der Waals surface area (Å²) < 4.78 is 20.5. The smallest absolute Gasteiger partial charge is 0.339 e. The zero-order valence-electron chi connectivity index (χ0n) is 17.7. The molecule has 0 saturated carbocycles. The summed E-state index contributed by atoms with van der Waals surface area (Å²) in [4.78, 5) is 39.0. The van der Waals surface area contributed by atoms with E-state index in [1.165, 1.54) is 20.3 Å². The number of H-pyrrole nitrogens is 1. The van der Waals surface area contributed by atoms with E-state index in [2.05, 4.69) is 4.98 Å². The summed E-state index contributed by atoms with van der Waals surface area (Å²) in [5.41, 5.74) is 2.19. The van der Waals surface area contributed by atoms with Gasteiger partial charge >= 0.3 is 11.9 Å². The molecule has 0 atom stereocenters. The van der Waals surface area contributed by atoms with Crippen LogP contribution in [0.15, 0.2) is 24.3 Å². The van der Waals surface area contributed by atoms with E-state index >= 15 is 0 Å². The average Bonchev–Trinajstić information content (AvgIpc) is 3.04. The molecule has 0 spiro atoms. The largest absolute Gasteiger partial charge is 0.493 e. The van der Waals surface area contributed by atoms with Gasteiger partial charge in [0.15, 0.2) is 18.1 Å². The van der Waals surface area contributed by atoms with Crippen molar-refractivity contribution < 1.29 is 33.3 Å². The number of benzene rings is 1. The first kappa shape index (κ1) is 22.7. The quantitative estimate of drug-likeness (QED) is 0.381. The third-order valence-corrected chi connectivity index (χ3v) is 4.35. The molecule has 0 amide bonds. The van der Waals surface area contributed by atoms with Gasteiger partial charge in [-0.25, -0.2) is 9.59 Å². The molecule has 0 radical (unpaired) electrons. The minimum absolute atomic E-state index is 0.209. The molecular formula is C22H25NO7. The molecule has 0 bridgehead atoms. The van der Waals surface area contributed by atoms with Crippen molar-refractivity contribution in [3.63, 3.8) is 0 Å². The maximum Gasteiger partial charge on any atom is 0.339 e. The molecule has 1 N–H and O–H groups in total. The first-order valence-corrected chi connectivity index (χ1v) is 9.28. The first-order valence-electron chi connectivity index (χ1n) is 9.28. The molecule has 2 rings (SSSR count). The van der Waals surface area contributed by atoms with Gasteiger partial charge in [0.05, 0.1) is 32.1 Å². The van der Waals surface area contributed by atoms with E-state index in [1.807, 2.05) is 6.92 Å². The zero-order valence-corrected chi connectivity index (χ0v) is 17.7. The highest BCUT2D eigenvalue weighted by molar-refractivity contribution is 6.03. The van der Waals surface area contributed by atoms with Crippen molar-refractivity contribution in [2.75, 3.05) is 27.4 Å². The summed E-state index contributed by atoms with van der Waals surface area (Å²) in [5.74, 6) is -0.513. The number of ether oxygens (including phenoxy) is 4. The van der Waals surface area contributed by atoms with Gasteiger partial charge in [-0.05, 0) is 50.1 Å². The van der Waals surface area contributed by atoms with E-state index < -0.39 is 24.3 Å². The summed E-state index contributed by atoms with van der Waals surface area (Å²) in [6.45, 7) is 5.21. The van der Waals surface area contributed by atoms with Crippen LogP contribution in [0.5, 0.6) is 11.5 Å². The molecule has 30 heavy (non-hydrogen) atoms. The van der Waals surface area contributed by atoms with Crippen LogP contribution in [0.1, 0.15) is 44.6 Å². The number of rotatable bonds is 9. The molecule has 8 nitrogen and oxygen atoms in total. The van der Waals surface area contributed by atoms with Gasteiger partial charge in [-0.3, -0.25) is 4.79 Å². The van der Waals surface area contributed by atoms with Gasteiger partial charge in [0.2, 0.25) is 5.78 Å². The molecule has 0 fully saturated rings. The lowest BCUT2D eigenvalue weighted by molar-refractivity contribution is -0.136. The van der Waals surface area contributed by atoms with Crippen LogP contribution in [0.4, 0.5) is 0 Å². The number of hydrogen-bond donors (Lipinski definition) is 1. The number of aryl methyl sites for hydroxylation is 1. The lowest BCUT2D eigenvalue weighted by Crippen LogP contribution is -2.14. The Bertz CT molecular complexity index is 972. The molecule has 0 unspecified atom stereocenters. The Morgan fingerprint density at radius 1 is 1.10 bits per heavy atom. The van der Waals surface area contributed by atoms with Crippen LogP contribution in [-0.2, 0) is 14.3 Å². The number of aromatic nitrogens is 1. The lowest BCUT2D eigenvalue weighted by atomic mass is 10.1. The molecule has 0 aliphatic carbocycles. The van der Waals surface area contributed by atoms with Crippen molar-refractivity contribution in [3.8, 4) is 11.5 Å². The molecule has 0 aliphatic rings. The van der Waals surface area contributed by atoms with Crippen molar-refractivity contribution in [3.05, 3.63) is 52.4 Å². The summed E-state index contributed by atoms with van der Waals surface area (Å²) in [6, 6.07) is 5.23. The van der Waals surface area contributed by atoms with Gasteiger partial charge in [-0.1, -0.05) is 6.07 Å². The molecule has 2 aromatic rings. The van der Waals surface area contributed by atoms with Crippen LogP contribution in [0.25, 0.3) is 6.08 Å². The molecule has 1 aromatic carbocycles. The van der Waals surface area contributed by atoms with Crippen molar-refractivity contribution >= 4 is 23.8 Å². The van der Waals surface area contributed by atoms with Crippen LogP contribution in [-0.4, -0.2) is 50.1 Å². The SMILES string of the molecule is CCOc1ccc(/C=C/C(=O)OCC(=O)c2[nH]c(C)c(C(=O)OC)c2C)cc1OC. The van der Waals surface area contributed by atoms with Crippen molar-refractivity contribution in [2.24, 2.45) is 0 Å². The van der Waals surface area contributed by atoms with Crippen LogP contribution in [0.3, 0.4) is 0 Å². The average molecular weight is 415 g/mol. The van der Waals surface area contributed by atoms with Gasteiger partial charge in [0.25, 0.3) is 0 Å². The molecule has 160 valence electrons. The maximum absolute atomic E-state index is 12.4. The molecule has 1 aromatic heterocycles. The second-order valence-electron chi connectivity index (χ2n) is 6.32. The Morgan fingerprint density at radius 2 is 1.83 bits per heavy atom. The van der Waals surface area contributed by atoms with E-state index in [-0.39, 0.29) is 5.69 Å².